The van der Waals surface area contributed by atoms with Crippen LogP contribution in [0.1, 0.15) is 34.6 Å². The third-order valence-corrected chi connectivity index (χ3v) is 2.99. The van der Waals surface area contributed by atoms with Crippen molar-refractivity contribution in [2.24, 2.45) is 0 Å². The molecule has 1 amide bonds. The number of ether oxygens (including phenoxy) is 1. The lowest BCUT2D eigenvalue weighted by atomic mass is 10.1. The van der Waals surface area contributed by atoms with E-state index in [9.17, 15) is 4.79 Å². The Morgan fingerprint density at radius 1 is 1.37 bits per heavy atom. The quantitative estimate of drug-likeness (QED) is 0.918. The van der Waals surface area contributed by atoms with E-state index in [-0.39, 0.29) is 11.9 Å². The minimum atomic E-state index is -0.171. The zero-order valence-electron chi connectivity index (χ0n) is 11.3. The molecule has 2 aromatic rings. The summed E-state index contributed by atoms with van der Waals surface area (Å²) in [7, 11) is 1.59. The van der Waals surface area contributed by atoms with Crippen LogP contribution in [0.25, 0.3) is 0 Å². The number of hydrogen-bond acceptors (Lipinski definition) is 3. The highest BCUT2D eigenvalue weighted by atomic mass is 16.5. The first-order valence-corrected chi connectivity index (χ1v) is 6.10. The number of aryl methyl sites for hydroxylation is 1. The van der Waals surface area contributed by atoms with Crippen molar-refractivity contribution < 1.29 is 13.9 Å². The summed E-state index contributed by atoms with van der Waals surface area (Å²) in [6, 6.07) is 8.84. The first kappa shape index (κ1) is 13.2. The topological polar surface area (TPSA) is 51.5 Å². The van der Waals surface area contributed by atoms with Gasteiger partial charge in [0.1, 0.15) is 11.5 Å². The van der Waals surface area contributed by atoms with E-state index in [0.29, 0.717) is 11.3 Å². The van der Waals surface area contributed by atoms with Crippen molar-refractivity contribution in [3.8, 4) is 5.75 Å². The summed E-state index contributed by atoms with van der Waals surface area (Å²) < 4.78 is 10.5. The Bertz CT molecular complexity index is 561. The van der Waals surface area contributed by atoms with Gasteiger partial charge in [-0.15, -0.1) is 0 Å². The lowest BCUT2D eigenvalue weighted by molar-refractivity contribution is 0.0935. The molecule has 0 aliphatic heterocycles. The second-order valence-electron chi connectivity index (χ2n) is 4.39. The van der Waals surface area contributed by atoms with E-state index in [0.717, 1.165) is 11.3 Å². The minimum absolute atomic E-state index is 0.151. The third kappa shape index (κ3) is 2.96. The first-order valence-electron chi connectivity index (χ1n) is 6.10. The first-order chi connectivity index (χ1) is 9.11. The smallest absolute Gasteiger partial charge is 0.251 e. The molecule has 0 bridgehead atoms. The van der Waals surface area contributed by atoms with Gasteiger partial charge in [-0.2, -0.15) is 0 Å². The molecule has 4 heteroatoms. The lowest BCUT2D eigenvalue weighted by Crippen LogP contribution is -2.26. The molecular formula is C15H17NO3. The summed E-state index contributed by atoms with van der Waals surface area (Å²) in [5, 5.41) is 2.88. The number of carbonyl (C=O) groups excluding carboxylic acids is 1. The SMILES string of the molecule is COc1cc(C(=O)N[C@@H](C)c2ccco2)ccc1C. The Labute approximate surface area is 112 Å². The van der Waals surface area contributed by atoms with Crippen LogP contribution in [0, 0.1) is 6.92 Å². The van der Waals surface area contributed by atoms with E-state index < -0.39 is 0 Å². The van der Waals surface area contributed by atoms with Crippen LogP contribution in [0.3, 0.4) is 0 Å². The Hall–Kier alpha value is -2.23. The van der Waals surface area contributed by atoms with Crippen molar-refractivity contribution >= 4 is 5.91 Å². The molecule has 19 heavy (non-hydrogen) atoms. The molecule has 0 radical (unpaired) electrons. The highest BCUT2D eigenvalue weighted by Crippen LogP contribution is 2.20. The lowest BCUT2D eigenvalue weighted by Gasteiger charge is -2.12. The molecule has 0 unspecified atom stereocenters. The number of benzene rings is 1. The van der Waals surface area contributed by atoms with Gasteiger partial charge in [0, 0.05) is 5.56 Å². The van der Waals surface area contributed by atoms with Crippen LogP contribution >= 0.6 is 0 Å². The van der Waals surface area contributed by atoms with Gasteiger partial charge in [-0.25, -0.2) is 0 Å². The summed E-state index contributed by atoms with van der Waals surface area (Å²) in [5.74, 6) is 1.29. The Morgan fingerprint density at radius 3 is 2.79 bits per heavy atom. The van der Waals surface area contributed by atoms with Crippen molar-refractivity contribution in [2.75, 3.05) is 7.11 Å². The molecule has 1 aromatic heterocycles. The average Bonchev–Trinajstić information content (AvgIpc) is 2.93. The number of amides is 1. The van der Waals surface area contributed by atoms with Crippen molar-refractivity contribution in [3.05, 3.63) is 53.5 Å². The van der Waals surface area contributed by atoms with Crippen LogP contribution in [0.4, 0.5) is 0 Å². The minimum Gasteiger partial charge on any atom is -0.496 e. The molecule has 4 nitrogen and oxygen atoms in total. The molecular weight excluding hydrogens is 242 g/mol. The second-order valence-corrected chi connectivity index (χ2v) is 4.39. The molecule has 1 N–H and O–H groups in total. The molecule has 1 heterocycles. The van der Waals surface area contributed by atoms with Gasteiger partial charge in [-0.3, -0.25) is 4.79 Å². The van der Waals surface area contributed by atoms with E-state index in [1.54, 1.807) is 31.6 Å². The number of nitrogens with one attached hydrogen (secondary N) is 1. The standard InChI is InChI=1S/C15H17NO3/c1-10-6-7-12(9-14(10)18-3)15(17)16-11(2)13-5-4-8-19-13/h4-9,11H,1-3H3,(H,16,17)/t11-/m0/s1. The zero-order valence-corrected chi connectivity index (χ0v) is 11.3. The van der Waals surface area contributed by atoms with Gasteiger partial charge < -0.3 is 14.5 Å². The van der Waals surface area contributed by atoms with Gasteiger partial charge in [0.15, 0.2) is 0 Å². The molecule has 0 aliphatic rings. The van der Waals surface area contributed by atoms with E-state index >= 15 is 0 Å². The maximum absolute atomic E-state index is 12.1. The van der Waals surface area contributed by atoms with E-state index in [1.165, 1.54) is 0 Å². The number of rotatable bonds is 4. The van der Waals surface area contributed by atoms with Crippen molar-refractivity contribution in [1.82, 2.24) is 5.32 Å². The predicted octanol–water partition coefficient (Wildman–Crippen LogP) is 3.09. The maximum atomic E-state index is 12.1. The van der Waals surface area contributed by atoms with Crippen LogP contribution in [-0.2, 0) is 0 Å². The van der Waals surface area contributed by atoms with Crippen LogP contribution in [0.15, 0.2) is 41.0 Å². The van der Waals surface area contributed by atoms with Crippen LogP contribution < -0.4 is 10.1 Å². The molecule has 1 atom stereocenters. The highest BCUT2D eigenvalue weighted by molar-refractivity contribution is 5.94. The molecule has 100 valence electrons. The fraction of sp³-hybridized carbons (Fsp3) is 0.267. The Kier molecular flexibility index (Phi) is 3.90. The van der Waals surface area contributed by atoms with Gasteiger partial charge in [-0.05, 0) is 43.7 Å². The second kappa shape index (κ2) is 5.61. The van der Waals surface area contributed by atoms with Crippen molar-refractivity contribution in [2.45, 2.75) is 19.9 Å². The van der Waals surface area contributed by atoms with E-state index in [2.05, 4.69) is 5.32 Å². The predicted molar refractivity (Wildman–Crippen MR) is 72.3 cm³/mol. The van der Waals surface area contributed by atoms with Crippen molar-refractivity contribution in [3.63, 3.8) is 0 Å². The fourth-order valence-electron chi connectivity index (χ4n) is 1.85. The summed E-state index contributed by atoms with van der Waals surface area (Å²) in [6.45, 7) is 3.81. The summed E-state index contributed by atoms with van der Waals surface area (Å²) in [5.41, 5.74) is 1.57. The molecule has 0 spiro atoms. The zero-order chi connectivity index (χ0) is 13.8. The maximum Gasteiger partial charge on any atom is 0.251 e. The average molecular weight is 259 g/mol. The number of methoxy groups -OCH3 is 1. The normalized spacial score (nSPS) is 11.9. The van der Waals surface area contributed by atoms with Gasteiger partial charge >= 0.3 is 0 Å². The molecule has 0 aliphatic carbocycles. The fourth-order valence-corrected chi connectivity index (χ4v) is 1.85. The number of furan rings is 1. The Morgan fingerprint density at radius 2 is 2.16 bits per heavy atom. The van der Waals surface area contributed by atoms with Gasteiger partial charge in [-0.1, -0.05) is 6.07 Å². The largest absolute Gasteiger partial charge is 0.496 e. The number of hydrogen-bond donors (Lipinski definition) is 1. The molecule has 0 fully saturated rings. The Balaban J connectivity index is 2.12. The third-order valence-electron chi connectivity index (χ3n) is 2.99. The molecule has 2 rings (SSSR count). The molecule has 0 saturated carbocycles. The van der Waals surface area contributed by atoms with Crippen LogP contribution in [0.2, 0.25) is 0 Å². The van der Waals surface area contributed by atoms with E-state index in [4.69, 9.17) is 9.15 Å². The van der Waals surface area contributed by atoms with E-state index in [1.807, 2.05) is 26.0 Å². The molecule has 0 saturated heterocycles. The number of carbonyl (C=O) groups is 1. The van der Waals surface area contributed by atoms with Gasteiger partial charge in [0.05, 0.1) is 19.4 Å². The summed E-state index contributed by atoms with van der Waals surface area (Å²) in [4.78, 5) is 12.1. The summed E-state index contributed by atoms with van der Waals surface area (Å²) >= 11 is 0. The van der Waals surface area contributed by atoms with Crippen LogP contribution in [0.5, 0.6) is 5.75 Å². The molecule has 1 aromatic carbocycles. The van der Waals surface area contributed by atoms with Gasteiger partial charge in [0.25, 0.3) is 5.91 Å². The summed E-state index contributed by atoms with van der Waals surface area (Å²) in [6.07, 6.45) is 1.59. The van der Waals surface area contributed by atoms with Crippen molar-refractivity contribution in [1.29, 1.82) is 0 Å². The monoisotopic (exact) mass is 259 g/mol. The van der Waals surface area contributed by atoms with Gasteiger partial charge in [0.2, 0.25) is 0 Å². The van der Waals surface area contributed by atoms with Crippen LogP contribution in [-0.4, -0.2) is 13.0 Å². The highest BCUT2D eigenvalue weighted by Gasteiger charge is 2.14.